The van der Waals surface area contributed by atoms with Crippen molar-refractivity contribution in [2.45, 2.75) is 38.7 Å². The molecule has 2 aromatic heterocycles. The molecule has 30 heavy (non-hydrogen) atoms. The van der Waals surface area contributed by atoms with Crippen molar-refractivity contribution in [2.75, 3.05) is 39.8 Å². The van der Waals surface area contributed by atoms with Gasteiger partial charge in [-0.2, -0.15) is 4.98 Å². The fourth-order valence-electron chi connectivity index (χ4n) is 2.74. The number of nitrogens with zero attached hydrogens (tertiary/aromatic N) is 3. The molecule has 0 spiro atoms. The first-order chi connectivity index (χ1) is 14.2. The predicted octanol–water partition coefficient (Wildman–Crippen LogP) is 0.811. The van der Waals surface area contributed by atoms with Gasteiger partial charge >= 0.3 is 7.82 Å². The van der Waals surface area contributed by atoms with E-state index in [2.05, 4.69) is 19.5 Å². The largest absolute Gasteiger partial charge is 0.472 e. The molecule has 0 amide bonds. The highest BCUT2D eigenvalue weighted by Crippen LogP contribution is 2.44. The molecule has 2 aromatic rings. The Morgan fingerprint density at radius 3 is 2.70 bits per heavy atom. The van der Waals surface area contributed by atoms with Gasteiger partial charge in [0, 0.05) is 14.2 Å². The molecule has 0 aliphatic rings. The topological polar surface area (TPSA) is 173 Å². The van der Waals surface area contributed by atoms with Crippen molar-refractivity contribution in [1.82, 2.24) is 19.5 Å². The number of nitrogens with one attached hydrogen (secondary N) is 1. The summed E-state index contributed by atoms with van der Waals surface area (Å²) in [4.78, 5) is 32.3. The molecule has 4 atom stereocenters. The minimum absolute atomic E-state index is 0.0297. The van der Waals surface area contributed by atoms with Crippen LogP contribution in [0.4, 0.5) is 5.95 Å². The van der Waals surface area contributed by atoms with Crippen molar-refractivity contribution in [3.63, 3.8) is 0 Å². The number of ether oxygens (including phenoxy) is 3. The summed E-state index contributed by atoms with van der Waals surface area (Å²) in [6, 6.07) is 0. The number of nitrogen functional groups attached to an aromatic ring is 1. The minimum Gasteiger partial charge on any atom is -0.382 e. The zero-order valence-electron chi connectivity index (χ0n) is 17.3. The molecule has 2 rings (SSSR count). The van der Waals surface area contributed by atoms with Crippen LogP contribution < -0.4 is 11.3 Å². The van der Waals surface area contributed by atoms with Crippen molar-refractivity contribution >= 4 is 24.9 Å². The molecule has 0 radical (unpaired) electrons. The van der Waals surface area contributed by atoms with Crippen LogP contribution in [0.2, 0.25) is 0 Å². The lowest BCUT2D eigenvalue weighted by atomic mass is 10.1. The summed E-state index contributed by atoms with van der Waals surface area (Å²) in [6.45, 7) is 4.12. The highest BCUT2D eigenvalue weighted by molar-refractivity contribution is 7.47. The van der Waals surface area contributed by atoms with Crippen LogP contribution in [-0.4, -0.2) is 70.7 Å². The third kappa shape index (κ3) is 6.32. The number of aromatic nitrogens is 4. The molecule has 0 saturated carbocycles. The van der Waals surface area contributed by atoms with E-state index >= 15 is 0 Å². The van der Waals surface area contributed by atoms with Crippen LogP contribution in [0.1, 0.15) is 26.5 Å². The number of hydrogen-bond acceptors (Lipinski definition) is 10. The van der Waals surface area contributed by atoms with Gasteiger partial charge in [0.05, 0.1) is 32.3 Å². The molecular weight excluding hydrogens is 421 g/mol. The van der Waals surface area contributed by atoms with E-state index in [-0.39, 0.29) is 30.3 Å². The zero-order chi connectivity index (χ0) is 22.3. The summed E-state index contributed by atoms with van der Waals surface area (Å²) in [5, 5.41) is 0. The first kappa shape index (κ1) is 24.4. The van der Waals surface area contributed by atoms with Crippen LogP contribution >= 0.6 is 7.82 Å². The first-order valence-corrected chi connectivity index (χ1v) is 10.7. The van der Waals surface area contributed by atoms with Crippen molar-refractivity contribution < 1.29 is 32.7 Å². The number of aromatic amines is 1. The van der Waals surface area contributed by atoms with Crippen LogP contribution in [0.15, 0.2) is 11.1 Å². The van der Waals surface area contributed by atoms with Crippen LogP contribution in [0.5, 0.6) is 0 Å². The molecular formula is C16H28N5O8P. The van der Waals surface area contributed by atoms with E-state index in [4.69, 9.17) is 24.5 Å². The normalized spacial score (nSPS) is 17.0. The number of rotatable bonds is 13. The van der Waals surface area contributed by atoms with Crippen molar-refractivity contribution in [3.8, 4) is 0 Å². The Hall–Kier alpha value is -1.86. The molecule has 0 aliphatic carbocycles. The average molecular weight is 449 g/mol. The maximum Gasteiger partial charge on any atom is 0.472 e. The number of phosphoric ester groups is 1. The van der Waals surface area contributed by atoms with Gasteiger partial charge in [-0.1, -0.05) is 6.92 Å². The summed E-state index contributed by atoms with van der Waals surface area (Å²) in [5.74, 6) is -0.0532. The summed E-state index contributed by atoms with van der Waals surface area (Å²) < 4.78 is 39.7. The third-order valence-corrected chi connectivity index (χ3v) is 5.24. The van der Waals surface area contributed by atoms with Crippen molar-refractivity contribution in [3.05, 3.63) is 16.7 Å². The lowest BCUT2D eigenvalue weighted by molar-refractivity contribution is -0.116. The van der Waals surface area contributed by atoms with Crippen LogP contribution in [0, 0.1) is 0 Å². The standard InChI is InChI=1S/C16H28N5O8P/c1-5-11(12(8-27-7-6-25-3)29-30(23,24)26-4)28-10(2)21-9-18-13-14(21)19-16(17)20-15(13)22/h9-12H,5-8H2,1-4H3,(H,23,24)(H3,17,19,20,22)/t10?,11-,12?/m0/s1. The fourth-order valence-corrected chi connectivity index (χ4v) is 3.36. The number of anilines is 1. The molecule has 0 aliphatic heterocycles. The van der Waals surface area contributed by atoms with E-state index in [0.717, 1.165) is 7.11 Å². The van der Waals surface area contributed by atoms with Crippen LogP contribution in [0.3, 0.4) is 0 Å². The van der Waals surface area contributed by atoms with Gasteiger partial charge < -0.3 is 24.8 Å². The van der Waals surface area contributed by atoms with Gasteiger partial charge in [0.25, 0.3) is 5.56 Å². The quantitative estimate of drug-likeness (QED) is 0.292. The highest BCUT2D eigenvalue weighted by atomic mass is 31.2. The molecule has 0 saturated heterocycles. The third-order valence-electron chi connectivity index (χ3n) is 4.24. The van der Waals surface area contributed by atoms with Gasteiger partial charge in [-0.3, -0.25) is 23.4 Å². The molecule has 0 bridgehead atoms. The van der Waals surface area contributed by atoms with Crippen LogP contribution in [-0.2, 0) is 27.8 Å². The average Bonchev–Trinajstić information content (AvgIpc) is 3.12. The molecule has 13 nitrogen and oxygen atoms in total. The van der Waals surface area contributed by atoms with E-state index in [1.807, 2.05) is 6.92 Å². The second kappa shape index (κ2) is 11.0. The number of H-pyrrole nitrogens is 1. The van der Waals surface area contributed by atoms with Gasteiger partial charge in [0.15, 0.2) is 11.2 Å². The van der Waals surface area contributed by atoms with E-state index in [1.165, 1.54) is 18.0 Å². The maximum atomic E-state index is 12.0. The summed E-state index contributed by atoms with van der Waals surface area (Å²) in [7, 11) is -1.69. The molecule has 3 unspecified atom stereocenters. The van der Waals surface area contributed by atoms with Gasteiger partial charge in [0.1, 0.15) is 12.3 Å². The smallest absolute Gasteiger partial charge is 0.382 e. The van der Waals surface area contributed by atoms with Gasteiger partial charge in [-0.05, 0) is 13.3 Å². The second-order valence-electron chi connectivity index (χ2n) is 6.32. The molecule has 0 aromatic carbocycles. The second-order valence-corrected chi connectivity index (χ2v) is 7.83. The number of nitrogens with two attached hydrogens (primary N) is 1. The molecule has 170 valence electrons. The van der Waals surface area contributed by atoms with Crippen molar-refractivity contribution in [1.29, 1.82) is 0 Å². The number of phosphoric acid groups is 1. The molecule has 14 heteroatoms. The molecule has 0 fully saturated rings. The summed E-state index contributed by atoms with van der Waals surface area (Å²) >= 11 is 0. The Balaban J connectivity index is 2.21. The lowest BCUT2D eigenvalue weighted by Gasteiger charge is -2.30. The summed E-state index contributed by atoms with van der Waals surface area (Å²) in [6.07, 6.45) is -0.397. The lowest BCUT2D eigenvalue weighted by Crippen LogP contribution is -2.36. The van der Waals surface area contributed by atoms with Crippen molar-refractivity contribution in [2.24, 2.45) is 0 Å². The first-order valence-electron chi connectivity index (χ1n) is 9.23. The minimum atomic E-state index is -4.29. The number of methoxy groups -OCH3 is 1. The van der Waals surface area contributed by atoms with Crippen LogP contribution in [0.25, 0.3) is 11.2 Å². The Bertz CT molecular complexity index is 919. The monoisotopic (exact) mass is 449 g/mol. The Morgan fingerprint density at radius 2 is 2.07 bits per heavy atom. The fraction of sp³-hybridized carbons (Fsp3) is 0.688. The highest BCUT2D eigenvalue weighted by Gasteiger charge is 2.32. The Morgan fingerprint density at radius 1 is 1.33 bits per heavy atom. The van der Waals surface area contributed by atoms with E-state index in [0.29, 0.717) is 13.0 Å². The van der Waals surface area contributed by atoms with E-state index in [1.54, 1.807) is 6.92 Å². The number of hydrogen-bond donors (Lipinski definition) is 3. The maximum absolute atomic E-state index is 12.0. The number of imidazole rings is 1. The summed E-state index contributed by atoms with van der Waals surface area (Å²) in [5.41, 5.74) is 5.52. The van der Waals surface area contributed by atoms with Gasteiger partial charge in [-0.25, -0.2) is 9.55 Å². The van der Waals surface area contributed by atoms with Gasteiger partial charge in [-0.15, -0.1) is 0 Å². The zero-order valence-corrected chi connectivity index (χ0v) is 18.2. The number of fused-ring (bicyclic) bond motifs is 1. The SMILES string of the molecule is CC[C@H](OC(C)n1cnc2c(=O)[nH]c(N)nc21)C(COCCOC)OP(=O)(O)OC. The van der Waals surface area contributed by atoms with E-state index in [9.17, 15) is 14.3 Å². The molecule has 2 heterocycles. The van der Waals surface area contributed by atoms with Gasteiger partial charge in [0.2, 0.25) is 5.95 Å². The Labute approximate surface area is 173 Å². The molecule has 4 N–H and O–H groups in total. The predicted molar refractivity (Wildman–Crippen MR) is 107 cm³/mol. The Kier molecular flexibility index (Phi) is 8.92. The van der Waals surface area contributed by atoms with E-state index < -0.39 is 31.8 Å².